The van der Waals surface area contributed by atoms with Gasteiger partial charge in [0.25, 0.3) is 0 Å². The quantitative estimate of drug-likeness (QED) is 0.279. The molecule has 8 nitrogen and oxygen atoms in total. The Morgan fingerprint density at radius 1 is 0.941 bits per heavy atom. The van der Waals surface area contributed by atoms with Crippen LogP contribution >= 0.6 is 7.82 Å². The number of fused-ring (bicyclic) bond motifs is 2. The molecule has 2 N–H and O–H groups in total. The van der Waals surface area contributed by atoms with Gasteiger partial charge in [-0.1, -0.05) is 13.3 Å². The summed E-state index contributed by atoms with van der Waals surface area (Å²) in [5.41, 5.74) is 3.64. The average molecular weight is 492 g/mol. The fourth-order valence-corrected chi connectivity index (χ4v) is 4.31. The Bertz CT molecular complexity index is 1370. The number of hydrogen-bond donors (Lipinski definition) is 2. The molecule has 0 radical (unpaired) electrons. The Balaban J connectivity index is 0.00000324. The first-order valence-corrected chi connectivity index (χ1v) is 12.0. The van der Waals surface area contributed by atoms with Crippen LogP contribution in [0.5, 0.6) is 17.2 Å². The van der Waals surface area contributed by atoms with E-state index in [2.05, 4.69) is 11.9 Å². The molecule has 2 heterocycles. The molecule has 0 saturated heterocycles. The third-order valence-corrected chi connectivity index (χ3v) is 5.82. The molecule has 174 valence electrons. The van der Waals surface area contributed by atoms with Crippen LogP contribution in [-0.4, -0.2) is 63.5 Å². The van der Waals surface area contributed by atoms with Crippen molar-refractivity contribution in [1.29, 1.82) is 0 Å². The van der Waals surface area contributed by atoms with Gasteiger partial charge in [0.15, 0.2) is 11.5 Å². The van der Waals surface area contributed by atoms with Gasteiger partial charge >= 0.3 is 37.4 Å². The van der Waals surface area contributed by atoms with Gasteiger partial charge in [-0.05, 0) is 59.3 Å². The number of aromatic nitrogens is 2. The Kier molecular flexibility index (Phi) is 8.57. The number of methoxy groups -OCH3 is 2. The third-order valence-electron chi connectivity index (χ3n) is 5.37. The molecule has 0 spiro atoms. The molecule has 0 aliphatic carbocycles. The standard InChI is InChI=1S/C24H25N2O6P.Na.H/c1-4-5-22-20-12-24(31-3)23(30-2)11-19(20)17(14-26-22)9-15-8-16-10-18(32-33(27,28)29)6-7-21(16)25-13-15;;/h6-8,10-14H,4-5,9H2,1-3H3,(H2,27,28,29);;. The maximum atomic E-state index is 11.2. The Morgan fingerprint density at radius 2 is 1.65 bits per heavy atom. The fourth-order valence-electron chi connectivity index (χ4n) is 3.92. The molecule has 4 rings (SSSR count). The van der Waals surface area contributed by atoms with Crippen LogP contribution in [0.4, 0.5) is 0 Å². The predicted octanol–water partition coefficient (Wildman–Crippen LogP) is 4.17. The van der Waals surface area contributed by atoms with Crippen LogP contribution in [0.1, 0.15) is 30.2 Å². The number of rotatable bonds is 8. The minimum absolute atomic E-state index is 0. The summed E-state index contributed by atoms with van der Waals surface area (Å²) in [6.45, 7) is 2.12. The van der Waals surface area contributed by atoms with Crippen molar-refractivity contribution >= 4 is 59.1 Å². The number of nitrogens with zero attached hydrogens (tertiary/aromatic N) is 2. The summed E-state index contributed by atoms with van der Waals surface area (Å²) in [4.78, 5) is 27.4. The third kappa shape index (κ3) is 5.89. The second-order valence-electron chi connectivity index (χ2n) is 7.69. The molecule has 2 aromatic heterocycles. The number of hydrogen-bond acceptors (Lipinski definition) is 6. The summed E-state index contributed by atoms with van der Waals surface area (Å²) in [6.07, 6.45) is 6.07. The van der Waals surface area contributed by atoms with Gasteiger partial charge in [0.05, 0.1) is 19.7 Å². The number of benzene rings is 2. The van der Waals surface area contributed by atoms with Crippen molar-refractivity contribution in [2.75, 3.05) is 14.2 Å². The van der Waals surface area contributed by atoms with Gasteiger partial charge in [-0.25, -0.2) is 4.57 Å². The number of phosphoric ester groups is 1. The van der Waals surface area contributed by atoms with Gasteiger partial charge in [0.1, 0.15) is 5.75 Å². The summed E-state index contributed by atoms with van der Waals surface area (Å²) in [7, 11) is -1.41. The second kappa shape index (κ2) is 11.0. The van der Waals surface area contributed by atoms with Crippen molar-refractivity contribution in [1.82, 2.24) is 9.97 Å². The van der Waals surface area contributed by atoms with E-state index in [-0.39, 0.29) is 35.3 Å². The van der Waals surface area contributed by atoms with Crippen LogP contribution in [0.15, 0.2) is 48.8 Å². The molecular formula is C24H26N2NaO6P. The van der Waals surface area contributed by atoms with E-state index < -0.39 is 7.82 Å². The van der Waals surface area contributed by atoms with Crippen LogP contribution in [0.2, 0.25) is 0 Å². The van der Waals surface area contributed by atoms with Crippen molar-refractivity contribution in [3.05, 3.63) is 65.6 Å². The molecule has 0 fully saturated rings. The normalized spacial score (nSPS) is 11.3. The molecule has 0 amide bonds. The molecule has 0 bridgehead atoms. The van der Waals surface area contributed by atoms with Gasteiger partial charge in [-0.2, -0.15) is 0 Å². The first-order valence-electron chi connectivity index (χ1n) is 10.5. The Hall–Kier alpha value is -2.19. The van der Waals surface area contributed by atoms with E-state index in [0.717, 1.165) is 45.8 Å². The predicted molar refractivity (Wildman–Crippen MR) is 133 cm³/mol. The average Bonchev–Trinajstić information content (AvgIpc) is 2.78. The zero-order chi connectivity index (χ0) is 23.6. The second-order valence-corrected chi connectivity index (χ2v) is 8.85. The number of pyridine rings is 2. The zero-order valence-corrected chi connectivity index (χ0v) is 19.5. The van der Waals surface area contributed by atoms with Gasteiger partial charge in [-0.15, -0.1) is 0 Å². The number of phosphoric acid groups is 1. The Morgan fingerprint density at radius 3 is 2.29 bits per heavy atom. The Labute approximate surface area is 219 Å². The van der Waals surface area contributed by atoms with Crippen molar-refractivity contribution in [3.8, 4) is 17.2 Å². The van der Waals surface area contributed by atoms with Gasteiger partial charge < -0.3 is 14.0 Å². The SMILES string of the molecule is CCCc1ncc(Cc2cnc3ccc(OP(=O)(O)O)cc3c2)c2cc(OC)c(OC)cc12.[NaH]. The zero-order valence-electron chi connectivity index (χ0n) is 18.6. The summed E-state index contributed by atoms with van der Waals surface area (Å²) in [5.74, 6) is 1.39. The van der Waals surface area contributed by atoms with Gasteiger partial charge in [-0.3, -0.25) is 19.8 Å². The van der Waals surface area contributed by atoms with E-state index >= 15 is 0 Å². The van der Waals surface area contributed by atoms with E-state index in [1.165, 1.54) is 6.07 Å². The van der Waals surface area contributed by atoms with E-state index in [1.807, 2.05) is 24.4 Å². The van der Waals surface area contributed by atoms with Crippen molar-refractivity contribution < 1.29 is 28.3 Å². The van der Waals surface area contributed by atoms with Crippen molar-refractivity contribution in [3.63, 3.8) is 0 Å². The van der Waals surface area contributed by atoms with Crippen LogP contribution in [0, 0.1) is 0 Å². The van der Waals surface area contributed by atoms with E-state index in [4.69, 9.17) is 28.8 Å². The molecule has 2 aromatic carbocycles. The van der Waals surface area contributed by atoms with Crippen LogP contribution < -0.4 is 14.0 Å². The minimum atomic E-state index is -4.64. The van der Waals surface area contributed by atoms with E-state index in [1.54, 1.807) is 32.5 Å². The summed E-state index contributed by atoms with van der Waals surface area (Å²) >= 11 is 0. The first kappa shape index (κ1) is 26.4. The molecule has 0 aliphatic rings. The molecule has 0 unspecified atom stereocenters. The molecule has 4 aromatic rings. The first-order chi connectivity index (χ1) is 15.8. The van der Waals surface area contributed by atoms with Crippen LogP contribution in [-0.2, 0) is 17.4 Å². The summed E-state index contributed by atoms with van der Waals surface area (Å²) in [6, 6.07) is 10.6. The maximum absolute atomic E-state index is 11.2. The van der Waals surface area contributed by atoms with Crippen LogP contribution in [0.3, 0.4) is 0 Å². The monoisotopic (exact) mass is 492 g/mol. The molecule has 0 aliphatic heterocycles. The summed E-state index contributed by atoms with van der Waals surface area (Å²) in [5, 5.41) is 2.78. The fraction of sp³-hybridized carbons (Fsp3) is 0.250. The van der Waals surface area contributed by atoms with Crippen molar-refractivity contribution in [2.45, 2.75) is 26.2 Å². The topological polar surface area (TPSA) is 111 Å². The molecule has 10 heteroatoms. The van der Waals surface area contributed by atoms with Gasteiger partial charge in [0, 0.05) is 35.3 Å². The molecular weight excluding hydrogens is 466 g/mol. The van der Waals surface area contributed by atoms with Gasteiger partial charge in [0.2, 0.25) is 0 Å². The number of aryl methyl sites for hydroxylation is 1. The number of ether oxygens (including phenoxy) is 2. The van der Waals surface area contributed by atoms with E-state index in [0.29, 0.717) is 23.4 Å². The van der Waals surface area contributed by atoms with Crippen molar-refractivity contribution in [2.24, 2.45) is 0 Å². The van der Waals surface area contributed by atoms with Crippen LogP contribution in [0.25, 0.3) is 21.7 Å². The van der Waals surface area contributed by atoms with E-state index in [9.17, 15) is 4.57 Å². The molecule has 0 atom stereocenters. The molecule has 34 heavy (non-hydrogen) atoms. The summed E-state index contributed by atoms with van der Waals surface area (Å²) < 4.78 is 26.9. The molecule has 0 saturated carbocycles.